The Morgan fingerprint density at radius 3 is 2.36 bits per heavy atom. The van der Waals surface area contributed by atoms with Crippen molar-refractivity contribution in [2.45, 2.75) is 57.5 Å². The molecule has 1 fully saturated rings. The van der Waals surface area contributed by atoms with Gasteiger partial charge >= 0.3 is 0 Å². The lowest BCUT2D eigenvalue weighted by Gasteiger charge is -2.38. The number of ether oxygens (including phenoxy) is 2. The molecule has 0 aliphatic carbocycles. The van der Waals surface area contributed by atoms with Crippen molar-refractivity contribution in [3.63, 3.8) is 0 Å². The van der Waals surface area contributed by atoms with E-state index in [0.29, 0.717) is 19.3 Å². The van der Waals surface area contributed by atoms with Gasteiger partial charge < -0.3 is 33.9 Å². The molecule has 2 amide bonds. The molecule has 4 atom stereocenters. The topological polar surface area (TPSA) is 113 Å². The molecule has 0 unspecified atom stereocenters. The number of hydrogen-bond acceptors (Lipinski definition) is 7. The molecule has 1 aromatic heterocycles. The van der Waals surface area contributed by atoms with Gasteiger partial charge in [0.25, 0.3) is 11.8 Å². The number of methoxy groups -OCH3 is 1. The number of aliphatic hydroxyl groups is 2. The van der Waals surface area contributed by atoms with Crippen molar-refractivity contribution in [2.75, 3.05) is 40.0 Å². The molecule has 2 heterocycles. The van der Waals surface area contributed by atoms with Gasteiger partial charge in [0.2, 0.25) is 0 Å². The zero-order valence-electron chi connectivity index (χ0n) is 25.9. The number of hydrogen-bond donors (Lipinski definition) is 2. The van der Waals surface area contributed by atoms with Gasteiger partial charge in [0.15, 0.2) is 5.76 Å². The Morgan fingerprint density at radius 2 is 1.67 bits per heavy atom. The predicted molar refractivity (Wildman–Crippen MR) is 164 cm³/mol. The number of carbonyl (C=O) groups excluding carboxylic acids is 2. The van der Waals surface area contributed by atoms with Crippen molar-refractivity contribution in [1.82, 2.24) is 9.80 Å². The number of halogens is 2. The Kier molecular flexibility index (Phi) is 12.2. The van der Waals surface area contributed by atoms with E-state index in [1.807, 2.05) is 13.8 Å². The summed E-state index contributed by atoms with van der Waals surface area (Å²) < 4.78 is 46.4. The van der Waals surface area contributed by atoms with Gasteiger partial charge in [-0.15, -0.1) is 0 Å². The molecule has 3 aromatic rings. The van der Waals surface area contributed by atoms with Crippen LogP contribution in [-0.2, 0) is 9.47 Å². The average Bonchev–Trinajstić information content (AvgIpc) is 3.51. The number of nitrogens with zero attached hydrogens (tertiary/aromatic N) is 2. The number of aliphatic hydroxyl groups excluding tert-OH is 2. The fraction of sp³-hybridized carbons (Fsp3) is 0.471. The van der Waals surface area contributed by atoms with E-state index in [0.717, 1.165) is 0 Å². The van der Waals surface area contributed by atoms with E-state index in [-0.39, 0.29) is 61.4 Å². The highest BCUT2D eigenvalue weighted by Crippen LogP contribution is 2.27. The maximum absolute atomic E-state index is 14.9. The van der Waals surface area contributed by atoms with E-state index in [4.69, 9.17) is 13.9 Å². The maximum Gasteiger partial charge on any atom is 0.289 e. The van der Waals surface area contributed by atoms with Crippen LogP contribution in [0.1, 0.15) is 54.0 Å². The molecule has 1 saturated heterocycles. The first-order chi connectivity index (χ1) is 21.6. The minimum atomic E-state index is -1.41. The molecule has 45 heavy (non-hydrogen) atoms. The first-order valence-electron chi connectivity index (χ1n) is 15.3. The largest absolute Gasteiger partial charge is 0.451 e. The number of amides is 2. The summed E-state index contributed by atoms with van der Waals surface area (Å²) in [6, 6.07) is 14.2. The van der Waals surface area contributed by atoms with Crippen LogP contribution in [0.25, 0.3) is 11.3 Å². The SMILES string of the molecule is CO[C@@H]1CN(C(=O)c2ccccc2F)C[C@@H](CC(C)C)N(C(=O)c2ccc(-c3ccccc3F)o2)CCCCOC[C@@H](O)[C@H]1O. The van der Waals surface area contributed by atoms with Crippen molar-refractivity contribution in [3.05, 3.63) is 83.6 Å². The summed E-state index contributed by atoms with van der Waals surface area (Å²) in [5, 5.41) is 21.5. The molecule has 0 radical (unpaired) electrons. The Labute approximate surface area is 262 Å². The van der Waals surface area contributed by atoms with Crippen LogP contribution in [0.15, 0.2) is 65.1 Å². The lowest BCUT2D eigenvalue weighted by molar-refractivity contribution is -0.105. The van der Waals surface area contributed by atoms with Crippen molar-refractivity contribution in [1.29, 1.82) is 0 Å². The second-order valence-electron chi connectivity index (χ2n) is 11.7. The van der Waals surface area contributed by atoms with E-state index in [9.17, 15) is 28.6 Å². The summed E-state index contributed by atoms with van der Waals surface area (Å²) in [6.45, 7) is 4.18. The van der Waals surface area contributed by atoms with E-state index in [1.54, 1.807) is 35.2 Å². The molecule has 0 saturated carbocycles. The molecule has 4 rings (SSSR count). The predicted octanol–water partition coefficient (Wildman–Crippen LogP) is 4.77. The zero-order valence-corrected chi connectivity index (χ0v) is 25.9. The number of rotatable bonds is 6. The third-order valence-corrected chi connectivity index (χ3v) is 7.93. The van der Waals surface area contributed by atoms with Crippen LogP contribution in [-0.4, -0.2) is 96.1 Å². The first kappa shape index (κ1) is 34.2. The van der Waals surface area contributed by atoms with Crippen LogP contribution >= 0.6 is 0 Å². The minimum Gasteiger partial charge on any atom is -0.451 e. The van der Waals surface area contributed by atoms with Crippen molar-refractivity contribution < 1.29 is 42.5 Å². The molecule has 11 heteroatoms. The summed E-state index contributed by atoms with van der Waals surface area (Å²) in [5.74, 6) is -1.97. The van der Waals surface area contributed by atoms with Gasteiger partial charge in [-0.05, 0) is 61.6 Å². The van der Waals surface area contributed by atoms with E-state index in [2.05, 4.69) is 0 Å². The monoisotopic (exact) mass is 628 g/mol. The molecule has 0 bridgehead atoms. The highest BCUT2D eigenvalue weighted by atomic mass is 19.1. The van der Waals surface area contributed by atoms with Crippen molar-refractivity contribution in [3.8, 4) is 11.3 Å². The van der Waals surface area contributed by atoms with Gasteiger partial charge in [0, 0.05) is 39.4 Å². The van der Waals surface area contributed by atoms with Gasteiger partial charge in [0.1, 0.15) is 35.7 Å². The number of furan rings is 1. The molecule has 2 aromatic carbocycles. The third-order valence-electron chi connectivity index (χ3n) is 7.93. The molecule has 9 nitrogen and oxygen atoms in total. The Balaban J connectivity index is 1.73. The fourth-order valence-corrected chi connectivity index (χ4v) is 5.57. The van der Waals surface area contributed by atoms with Crippen LogP contribution < -0.4 is 0 Å². The van der Waals surface area contributed by atoms with Crippen molar-refractivity contribution in [2.24, 2.45) is 5.92 Å². The summed E-state index contributed by atoms with van der Waals surface area (Å²) in [7, 11) is 1.35. The summed E-state index contributed by atoms with van der Waals surface area (Å²) >= 11 is 0. The Bertz CT molecular complexity index is 1410. The van der Waals surface area contributed by atoms with Gasteiger partial charge in [-0.1, -0.05) is 38.1 Å². The average molecular weight is 629 g/mol. The minimum absolute atomic E-state index is 0.0136. The molecular weight excluding hydrogens is 586 g/mol. The Hall–Kier alpha value is -3.64. The van der Waals surface area contributed by atoms with Gasteiger partial charge in [-0.2, -0.15) is 0 Å². The first-order valence-corrected chi connectivity index (χ1v) is 15.3. The highest BCUT2D eigenvalue weighted by Gasteiger charge is 2.35. The summed E-state index contributed by atoms with van der Waals surface area (Å²) in [6.07, 6.45) is -2.18. The van der Waals surface area contributed by atoms with E-state index < -0.39 is 47.8 Å². The van der Waals surface area contributed by atoms with E-state index in [1.165, 1.54) is 42.3 Å². The Morgan fingerprint density at radius 1 is 0.956 bits per heavy atom. The number of carbonyl (C=O) groups is 2. The van der Waals surface area contributed by atoms with Crippen molar-refractivity contribution >= 4 is 11.8 Å². The lowest BCUT2D eigenvalue weighted by Crippen LogP contribution is -2.54. The van der Waals surface area contributed by atoms with Crippen LogP contribution in [0.2, 0.25) is 0 Å². The van der Waals surface area contributed by atoms with Gasteiger partial charge in [-0.25, -0.2) is 8.78 Å². The quantitative estimate of drug-likeness (QED) is 0.405. The summed E-state index contributed by atoms with van der Waals surface area (Å²) in [5.41, 5.74) is 0.0510. The molecule has 0 spiro atoms. The highest BCUT2D eigenvalue weighted by molar-refractivity contribution is 5.95. The zero-order chi connectivity index (χ0) is 32.5. The van der Waals surface area contributed by atoms with Crippen LogP contribution in [0, 0.1) is 17.6 Å². The third kappa shape index (κ3) is 8.76. The molecule has 244 valence electrons. The van der Waals surface area contributed by atoms with Crippen LogP contribution in [0.4, 0.5) is 8.78 Å². The maximum atomic E-state index is 14.9. The normalized spacial score (nSPS) is 22.3. The van der Waals surface area contributed by atoms with Gasteiger partial charge in [0.05, 0.1) is 17.7 Å². The van der Waals surface area contributed by atoms with E-state index >= 15 is 0 Å². The molecular formula is C34H42F2N2O7. The van der Waals surface area contributed by atoms with Crippen LogP contribution in [0.3, 0.4) is 0 Å². The van der Waals surface area contributed by atoms with Gasteiger partial charge in [-0.3, -0.25) is 9.59 Å². The number of benzene rings is 2. The smallest absolute Gasteiger partial charge is 0.289 e. The molecule has 1 aliphatic heterocycles. The van der Waals surface area contributed by atoms with Crippen LogP contribution in [0.5, 0.6) is 0 Å². The second-order valence-corrected chi connectivity index (χ2v) is 11.7. The standard InChI is InChI=1S/C34H42F2N2O7/c1-22(2)18-23-19-37(33(41)25-11-5-7-13-27(25)36)20-31(43-3)32(40)28(39)21-44-17-9-8-16-38(23)34(42)30-15-14-29(45-30)24-10-4-6-12-26(24)35/h4-7,10-15,22-23,28,31-32,39-40H,8-9,16-21H2,1-3H3/t23-,28-,31-,32-/m1/s1. The summed E-state index contributed by atoms with van der Waals surface area (Å²) in [4.78, 5) is 31.0. The molecule has 1 aliphatic rings. The second kappa shape index (κ2) is 16.1. The fourth-order valence-electron chi connectivity index (χ4n) is 5.57. The lowest BCUT2D eigenvalue weighted by atomic mass is 9.99. The molecule has 2 N–H and O–H groups in total.